The largest absolute Gasteiger partial charge is 0.460 e. The number of pyridine rings is 1. The van der Waals surface area contributed by atoms with E-state index in [2.05, 4.69) is 41.5 Å². The molecule has 114 valence electrons. The van der Waals surface area contributed by atoms with Crippen molar-refractivity contribution in [2.24, 2.45) is 0 Å². The zero-order valence-corrected chi connectivity index (χ0v) is 12.6. The Hall–Kier alpha value is -2.53. The number of aryl methyl sites for hydroxylation is 1. The van der Waals surface area contributed by atoms with Crippen LogP contribution in [-0.2, 0) is 19.5 Å². The molecule has 0 saturated heterocycles. The molecule has 1 aromatic carbocycles. The van der Waals surface area contributed by atoms with Gasteiger partial charge < -0.3 is 21.2 Å². The molecule has 3 rings (SSSR count). The van der Waals surface area contributed by atoms with Crippen molar-refractivity contribution in [1.82, 2.24) is 10.3 Å². The molecule has 0 fully saturated rings. The predicted molar refractivity (Wildman–Crippen MR) is 89.2 cm³/mol. The molecule has 0 aliphatic rings. The predicted octanol–water partition coefficient (Wildman–Crippen LogP) is 2.84. The van der Waals surface area contributed by atoms with Gasteiger partial charge in [0, 0.05) is 17.5 Å². The topological polar surface area (TPSA) is 90.1 Å². The third-order valence-corrected chi connectivity index (χ3v) is 3.69. The van der Waals surface area contributed by atoms with E-state index >= 15 is 0 Å². The fraction of sp³-hybridized carbons (Fsp3) is 0.235. The molecule has 0 radical (unpaired) electrons. The van der Waals surface area contributed by atoms with Crippen molar-refractivity contribution in [3.63, 3.8) is 0 Å². The summed E-state index contributed by atoms with van der Waals surface area (Å²) in [6.45, 7) is 3.40. The summed E-state index contributed by atoms with van der Waals surface area (Å²) in [7, 11) is 0. The minimum absolute atomic E-state index is 0.435. The first kappa shape index (κ1) is 14.4. The second-order valence-corrected chi connectivity index (χ2v) is 5.32. The van der Waals surface area contributed by atoms with E-state index < -0.39 is 0 Å². The molecule has 5 N–H and O–H groups in total. The maximum absolute atomic E-state index is 5.87. The van der Waals surface area contributed by atoms with Gasteiger partial charge in [0.1, 0.15) is 23.0 Å². The Labute approximate surface area is 129 Å². The molecule has 0 spiro atoms. The number of rotatable bonds is 5. The van der Waals surface area contributed by atoms with Crippen LogP contribution in [0.15, 0.2) is 40.8 Å². The molecule has 5 nitrogen and oxygen atoms in total. The molecule has 22 heavy (non-hydrogen) atoms. The van der Waals surface area contributed by atoms with Crippen LogP contribution in [0.5, 0.6) is 0 Å². The molecular weight excluding hydrogens is 276 g/mol. The van der Waals surface area contributed by atoms with Crippen molar-refractivity contribution in [3.05, 3.63) is 53.3 Å². The Morgan fingerprint density at radius 3 is 2.73 bits per heavy atom. The van der Waals surface area contributed by atoms with Gasteiger partial charge in [-0.25, -0.2) is 4.98 Å². The molecule has 3 aromatic rings. The average molecular weight is 296 g/mol. The number of aromatic nitrogens is 1. The summed E-state index contributed by atoms with van der Waals surface area (Å²) in [4.78, 5) is 4.05. The summed E-state index contributed by atoms with van der Waals surface area (Å²) in [6.07, 6.45) is 1.01. The minimum atomic E-state index is 0.435. The smallest absolute Gasteiger partial charge is 0.134 e. The number of nitrogens with one attached hydrogen (secondary N) is 1. The van der Waals surface area contributed by atoms with Crippen molar-refractivity contribution in [3.8, 4) is 0 Å². The molecule has 2 aromatic heterocycles. The number of nitrogens with zero attached hydrogens (tertiary/aromatic N) is 1. The number of hydrogen-bond donors (Lipinski definition) is 3. The van der Waals surface area contributed by atoms with Crippen LogP contribution in [0.1, 0.15) is 23.8 Å². The van der Waals surface area contributed by atoms with Crippen molar-refractivity contribution in [1.29, 1.82) is 0 Å². The van der Waals surface area contributed by atoms with Crippen molar-refractivity contribution in [2.45, 2.75) is 26.4 Å². The van der Waals surface area contributed by atoms with Gasteiger partial charge in [0.15, 0.2) is 0 Å². The normalized spacial score (nSPS) is 11.1. The number of benzene rings is 1. The van der Waals surface area contributed by atoms with Crippen LogP contribution in [0.25, 0.3) is 11.0 Å². The quantitative estimate of drug-likeness (QED) is 0.673. The molecule has 0 unspecified atom stereocenters. The number of nitrogen functional groups attached to an aromatic ring is 2. The van der Waals surface area contributed by atoms with Crippen LogP contribution in [-0.4, -0.2) is 4.98 Å². The van der Waals surface area contributed by atoms with Gasteiger partial charge in [0.2, 0.25) is 0 Å². The lowest BCUT2D eigenvalue weighted by atomic mass is 10.1. The molecule has 5 heteroatoms. The highest BCUT2D eigenvalue weighted by molar-refractivity contribution is 5.78. The molecule has 0 aliphatic carbocycles. The molecule has 0 amide bonds. The third-order valence-electron chi connectivity index (χ3n) is 3.69. The molecule has 0 bridgehead atoms. The average Bonchev–Trinajstić information content (AvgIpc) is 2.91. The van der Waals surface area contributed by atoms with Crippen LogP contribution >= 0.6 is 0 Å². The Morgan fingerprint density at radius 2 is 1.95 bits per heavy atom. The maximum Gasteiger partial charge on any atom is 0.134 e. The summed E-state index contributed by atoms with van der Waals surface area (Å²) >= 11 is 0. The number of hydrogen-bond acceptors (Lipinski definition) is 5. The van der Waals surface area contributed by atoms with Crippen molar-refractivity contribution >= 4 is 22.6 Å². The SMILES string of the molecule is CCc1ccc2cc(CNCc3ccc(N)nc3N)oc2c1. The zero-order chi connectivity index (χ0) is 15.5. The fourth-order valence-electron chi connectivity index (χ4n) is 2.43. The number of furan rings is 1. The Balaban J connectivity index is 1.66. The summed E-state index contributed by atoms with van der Waals surface area (Å²) < 4.78 is 5.87. The first-order valence-electron chi connectivity index (χ1n) is 7.38. The van der Waals surface area contributed by atoms with E-state index in [1.165, 1.54) is 5.56 Å². The molecular formula is C17H20N4O. The van der Waals surface area contributed by atoms with Gasteiger partial charge in [-0.3, -0.25) is 0 Å². The van der Waals surface area contributed by atoms with Crippen LogP contribution in [0.4, 0.5) is 11.6 Å². The Bertz CT molecular complexity index is 794. The van der Waals surface area contributed by atoms with Crippen LogP contribution in [0, 0.1) is 0 Å². The standard InChI is InChI=1S/C17H20N4O/c1-2-11-3-4-12-8-14(22-15(12)7-11)10-20-9-13-5-6-16(18)21-17(13)19/h3-8,20H,2,9-10H2,1H3,(H4,18,19,21). The highest BCUT2D eigenvalue weighted by Crippen LogP contribution is 2.21. The van der Waals surface area contributed by atoms with Gasteiger partial charge in [-0.1, -0.05) is 25.1 Å². The molecule has 0 saturated carbocycles. The lowest BCUT2D eigenvalue weighted by Crippen LogP contribution is -2.14. The lowest BCUT2D eigenvalue weighted by Gasteiger charge is -2.06. The fourth-order valence-corrected chi connectivity index (χ4v) is 2.43. The van der Waals surface area contributed by atoms with Crippen molar-refractivity contribution < 1.29 is 4.42 Å². The van der Waals surface area contributed by atoms with Gasteiger partial charge in [-0.05, 0) is 30.2 Å². The number of anilines is 2. The third kappa shape index (κ3) is 3.04. The summed E-state index contributed by atoms with van der Waals surface area (Å²) in [5, 5.41) is 4.44. The first-order chi connectivity index (χ1) is 10.7. The monoisotopic (exact) mass is 296 g/mol. The summed E-state index contributed by atoms with van der Waals surface area (Å²) in [5.41, 5.74) is 14.6. The van der Waals surface area contributed by atoms with E-state index in [0.29, 0.717) is 24.7 Å². The van der Waals surface area contributed by atoms with E-state index in [1.54, 1.807) is 6.07 Å². The number of nitrogens with two attached hydrogens (primary N) is 2. The Morgan fingerprint density at radius 1 is 1.09 bits per heavy atom. The van der Waals surface area contributed by atoms with E-state index in [0.717, 1.165) is 28.7 Å². The van der Waals surface area contributed by atoms with E-state index in [4.69, 9.17) is 15.9 Å². The first-order valence-corrected chi connectivity index (χ1v) is 7.38. The van der Waals surface area contributed by atoms with E-state index in [-0.39, 0.29) is 0 Å². The highest BCUT2D eigenvalue weighted by atomic mass is 16.3. The second-order valence-electron chi connectivity index (χ2n) is 5.32. The molecule has 2 heterocycles. The van der Waals surface area contributed by atoms with Crippen LogP contribution in [0.3, 0.4) is 0 Å². The summed E-state index contributed by atoms with van der Waals surface area (Å²) in [5.74, 6) is 1.81. The number of fused-ring (bicyclic) bond motifs is 1. The van der Waals surface area contributed by atoms with Gasteiger partial charge in [0.25, 0.3) is 0 Å². The maximum atomic E-state index is 5.87. The van der Waals surface area contributed by atoms with Crippen molar-refractivity contribution in [2.75, 3.05) is 11.5 Å². The van der Waals surface area contributed by atoms with Gasteiger partial charge >= 0.3 is 0 Å². The second kappa shape index (κ2) is 6.07. The minimum Gasteiger partial charge on any atom is -0.460 e. The highest BCUT2D eigenvalue weighted by Gasteiger charge is 2.05. The van der Waals surface area contributed by atoms with Crippen LogP contribution in [0.2, 0.25) is 0 Å². The lowest BCUT2D eigenvalue weighted by molar-refractivity contribution is 0.513. The van der Waals surface area contributed by atoms with E-state index in [1.807, 2.05) is 6.07 Å². The molecule has 0 atom stereocenters. The van der Waals surface area contributed by atoms with E-state index in [9.17, 15) is 0 Å². The van der Waals surface area contributed by atoms with Gasteiger partial charge in [-0.2, -0.15) is 0 Å². The van der Waals surface area contributed by atoms with Crippen LogP contribution < -0.4 is 16.8 Å². The van der Waals surface area contributed by atoms with Gasteiger partial charge in [0.05, 0.1) is 6.54 Å². The Kier molecular flexibility index (Phi) is 3.98. The molecule has 0 aliphatic heterocycles. The zero-order valence-electron chi connectivity index (χ0n) is 12.6. The summed E-state index contributed by atoms with van der Waals surface area (Å²) in [6, 6.07) is 12.0. The van der Waals surface area contributed by atoms with Gasteiger partial charge in [-0.15, -0.1) is 0 Å².